The van der Waals surface area contributed by atoms with Crippen LogP contribution in [-0.4, -0.2) is 24.4 Å². The summed E-state index contributed by atoms with van der Waals surface area (Å²) < 4.78 is 16.5. The van der Waals surface area contributed by atoms with E-state index < -0.39 is 0 Å². The molecule has 130 valence electrons. The van der Waals surface area contributed by atoms with Gasteiger partial charge in [-0.05, 0) is 44.2 Å². The van der Waals surface area contributed by atoms with Crippen LogP contribution in [0, 0.1) is 5.82 Å². The molecule has 0 saturated heterocycles. The summed E-state index contributed by atoms with van der Waals surface area (Å²) in [5.41, 5.74) is 3.36. The van der Waals surface area contributed by atoms with Gasteiger partial charge in [-0.3, -0.25) is 9.78 Å². The molecule has 3 aromatic heterocycles. The van der Waals surface area contributed by atoms with E-state index in [1.165, 1.54) is 22.9 Å². The summed E-state index contributed by atoms with van der Waals surface area (Å²) in [5, 5.41) is 9.13. The second-order valence-electron chi connectivity index (χ2n) is 6.23. The third kappa shape index (κ3) is 2.67. The standard InChI is InChI=1S/C19H16FN5O/c1-12(2)25-17(26)8-7-15(22-25)18-16-11-21-9-10-24(16)23-19(18)13-3-5-14(20)6-4-13/h3-12H,1-2H3. The average Bonchev–Trinajstić information content (AvgIpc) is 3.02. The van der Waals surface area contributed by atoms with Crippen molar-refractivity contribution in [3.63, 3.8) is 0 Å². The van der Waals surface area contributed by atoms with Crippen molar-refractivity contribution in [1.29, 1.82) is 0 Å². The fourth-order valence-electron chi connectivity index (χ4n) is 2.89. The first-order chi connectivity index (χ1) is 12.5. The molecule has 0 amide bonds. The minimum atomic E-state index is -0.313. The molecule has 3 heterocycles. The van der Waals surface area contributed by atoms with Gasteiger partial charge >= 0.3 is 0 Å². The Kier molecular flexibility index (Phi) is 3.84. The van der Waals surface area contributed by atoms with Gasteiger partial charge in [-0.1, -0.05) is 0 Å². The molecule has 4 aromatic rings. The SMILES string of the molecule is CC(C)n1nc(-c2c(-c3ccc(F)cc3)nn3ccncc23)ccc1=O. The lowest BCUT2D eigenvalue weighted by Gasteiger charge is -2.10. The van der Waals surface area contributed by atoms with Crippen LogP contribution >= 0.6 is 0 Å². The maximum Gasteiger partial charge on any atom is 0.267 e. The fourth-order valence-corrected chi connectivity index (χ4v) is 2.89. The largest absolute Gasteiger partial charge is 0.268 e. The number of nitrogens with zero attached hydrogens (tertiary/aromatic N) is 5. The molecule has 0 spiro atoms. The van der Waals surface area contributed by atoms with Crippen molar-refractivity contribution >= 4 is 5.52 Å². The van der Waals surface area contributed by atoms with Gasteiger partial charge in [0.05, 0.1) is 29.0 Å². The maximum atomic E-state index is 13.3. The molecule has 0 aliphatic carbocycles. The molecule has 0 aliphatic heterocycles. The Balaban J connectivity index is 2.02. The predicted octanol–water partition coefficient (Wildman–Crippen LogP) is 3.34. The quantitative estimate of drug-likeness (QED) is 0.569. The van der Waals surface area contributed by atoms with Crippen molar-refractivity contribution in [2.45, 2.75) is 19.9 Å². The Labute approximate surface area is 148 Å². The molecule has 0 saturated carbocycles. The molecule has 7 heteroatoms. The van der Waals surface area contributed by atoms with Crippen LogP contribution in [0.5, 0.6) is 0 Å². The van der Waals surface area contributed by atoms with Gasteiger partial charge in [0.25, 0.3) is 5.56 Å². The van der Waals surface area contributed by atoms with E-state index in [1.807, 2.05) is 13.8 Å². The number of benzene rings is 1. The van der Waals surface area contributed by atoms with Crippen LogP contribution in [0.15, 0.2) is 59.8 Å². The molecule has 6 nitrogen and oxygen atoms in total. The van der Waals surface area contributed by atoms with Crippen molar-refractivity contribution < 1.29 is 4.39 Å². The van der Waals surface area contributed by atoms with E-state index in [1.54, 1.807) is 41.3 Å². The van der Waals surface area contributed by atoms with Crippen LogP contribution in [0.3, 0.4) is 0 Å². The van der Waals surface area contributed by atoms with Crippen LogP contribution in [0.25, 0.3) is 28.0 Å². The molecule has 1 aromatic carbocycles. The van der Waals surface area contributed by atoms with Crippen LogP contribution in [0.2, 0.25) is 0 Å². The molecular weight excluding hydrogens is 333 g/mol. The first-order valence-electron chi connectivity index (χ1n) is 8.23. The van der Waals surface area contributed by atoms with Gasteiger partial charge in [-0.25, -0.2) is 13.6 Å². The van der Waals surface area contributed by atoms with Crippen molar-refractivity contribution in [3.05, 3.63) is 71.2 Å². The molecule has 0 aliphatic rings. The van der Waals surface area contributed by atoms with Gasteiger partial charge in [-0.15, -0.1) is 0 Å². The van der Waals surface area contributed by atoms with Crippen LogP contribution in [0.1, 0.15) is 19.9 Å². The zero-order chi connectivity index (χ0) is 18.3. The van der Waals surface area contributed by atoms with E-state index in [9.17, 15) is 9.18 Å². The molecule has 4 rings (SSSR count). The summed E-state index contributed by atoms with van der Waals surface area (Å²) in [7, 11) is 0. The summed E-state index contributed by atoms with van der Waals surface area (Å²) >= 11 is 0. The molecule has 0 unspecified atom stereocenters. The topological polar surface area (TPSA) is 65.1 Å². The average molecular weight is 349 g/mol. The Morgan fingerprint density at radius 1 is 1.04 bits per heavy atom. The highest BCUT2D eigenvalue weighted by Gasteiger charge is 2.19. The first-order valence-corrected chi connectivity index (χ1v) is 8.23. The fraction of sp³-hybridized carbons (Fsp3) is 0.158. The smallest absolute Gasteiger partial charge is 0.267 e. The van der Waals surface area contributed by atoms with Crippen molar-refractivity contribution in [2.75, 3.05) is 0 Å². The van der Waals surface area contributed by atoms with Crippen LogP contribution < -0.4 is 5.56 Å². The second kappa shape index (κ2) is 6.18. The highest BCUT2D eigenvalue weighted by Crippen LogP contribution is 2.33. The minimum Gasteiger partial charge on any atom is -0.268 e. The number of hydrogen-bond acceptors (Lipinski definition) is 4. The second-order valence-corrected chi connectivity index (χ2v) is 6.23. The normalized spacial score (nSPS) is 11.4. The monoisotopic (exact) mass is 349 g/mol. The van der Waals surface area contributed by atoms with Crippen LogP contribution in [0.4, 0.5) is 4.39 Å². The van der Waals surface area contributed by atoms with Gasteiger partial charge < -0.3 is 0 Å². The van der Waals surface area contributed by atoms with Gasteiger partial charge in [0.1, 0.15) is 11.5 Å². The van der Waals surface area contributed by atoms with E-state index >= 15 is 0 Å². The number of fused-ring (bicyclic) bond motifs is 1. The Morgan fingerprint density at radius 3 is 2.54 bits per heavy atom. The Morgan fingerprint density at radius 2 is 1.81 bits per heavy atom. The van der Waals surface area contributed by atoms with Gasteiger partial charge in [0, 0.05) is 24.0 Å². The molecule has 0 bridgehead atoms. The lowest BCUT2D eigenvalue weighted by Crippen LogP contribution is -2.23. The Bertz CT molecular complexity index is 1140. The molecule has 26 heavy (non-hydrogen) atoms. The summed E-state index contributed by atoms with van der Waals surface area (Å²) in [6, 6.07) is 9.23. The number of halogens is 1. The van der Waals surface area contributed by atoms with Crippen molar-refractivity contribution in [3.8, 4) is 22.5 Å². The lowest BCUT2D eigenvalue weighted by molar-refractivity contribution is 0.505. The molecular formula is C19H16FN5O. The van der Waals surface area contributed by atoms with Crippen molar-refractivity contribution in [2.24, 2.45) is 0 Å². The molecule has 0 atom stereocenters. The van der Waals surface area contributed by atoms with E-state index in [4.69, 9.17) is 0 Å². The molecule has 0 radical (unpaired) electrons. The third-order valence-electron chi connectivity index (χ3n) is 4.13. The maximum absolute atomic E-state index is 13.3. The van der Waals surface area contributed by atoms with E-state index in [0.29, 0.717) is 11.4 Å². The number of aromatic nitrogens is 5. The minimum absolute atomic E-state index is 0.0725. The van der Waals surface area contributed by atoms with E-state index in [2.05, 4.69) is 15.2 Å². The van der Waals surface area contributed by atoms with E-state index in [0.717, 1.165) is 16.6 Å². The summed E-state index contributed by atoms with van der Waals surface area (Å²) in [6.45, 7) is 3.80. The number of rotatable bonds is 3. The van der Waals surface area contributed by atoms with Gasteiger partial charge in [-0.2, -0.15) is 10.2 Å². The summed E-state index contributed by atoms with van der Waals surface area (Å²) in [5.74, 6) is -0.313. The number of hydrogen-bond donors (Lipinski definition) is 0. The highest BCUT2D eigenvalue weighted by molar-refractivity contribution is 5.90. The predicted molar refractivity (Wildman–Crippen MR) is 96.3 cm³/mol. The molecule has 0 fully saturated rings. The summed E-state index contributed by atoms with van der Waals surface area (Å²) in [4.78, 5) is 16.2. The van der Waals surface area contributed by atoms with Crippen molar-refractivity contribution in [1.82, 2.24) is 24.4 Å². The van der Waals surface area contributed by atoms with E-state index in [-0.39, 0.29) is 17.4 Å². The summed E-state index contributed by atoms with van der Waals surface area (Å²) in [6.07, 6.45) is 5.08. The zero-order valence-corrected chi connectivity index (χ0v) is 14.3. The van der Waals surface area contributed by atoms with Crippen LogP contribution in [-0.2, 0) is 0 Å². The third-order valence-corrected chi connectivity index (χ3v) is 4.13. The van der Waals surface area contributed by atoms with Gasteiger partial charge in [0.2, 0.25) is 0 Å². The Hall–Kier alpha value is -3.35. The first kappa shape index (κ1) is 16.1. The molecule has 0 N–H and O–H groups in total. The lowest BCUT2D eigenvalue weighted by atomic mass is 10.0. The highest BCUT2D eigenvalue weighted by atomic mass is 19.1. The van der Waals surface area contributed by atoms with Gasteiger partial charge in [0.15, 0.2) is 0 Å². The zero-order valence-electron chi connectivity index (χ0n) is 14.3.